The van der Waals surface area contributed by atoms with Crippen LogP contribution in [0.4, 0.5) is 5.13 Å². The van der Waals surface area contributed by atoms with Gasteiger partial charge in [-0.1, -0.05) is 18.5 Å². The van der Waals surface area contributed by atoms with Crippen molar-refractivity contribution >= 4 is 45.8 Å². The van der Waals surface area contributed by atoms with Crippen LogP contribution in [0.3, 0.4) is 0 Å². The highest BCUT2D eigenvalue weighted by atomic mass is 35.5. The number of benzene rings is 1. The van der Waals surface area contributed by atoms with Crippen molar-refractivity contribution in [2.45, 2.75) is 51.6 Å². The number of aromatic nitrogens is 1. The molecule has 0 bridgehead atoms. The molecule has 9 heteroatoms. The van der Waals surface area contributed by atoms with Gasteiger partial charge in [-0.2, -0.15) is 0 Å². The van der Waals surface area contributed by atoms with Crippen molar-refractivity contribution in [1.29, 1.82) is 0 Å². The molecule has 0 aliphatic heterocycles. The standard InChI is InChI=1S/C21H25ClN4O3S/c1-3-13(2)23-18(27)10-16-12-30-21(24-16)25-19(28)11-26(17-8-9-17)20(29)14-4-6-15(22)7-5-14/h4-7,12-13,17H,3,8-11H2,1-2H3,(H,23,27)(H,24,25,28). The van der Waals surface area contributed by atoms with E-state index >= 15 is 0 Å². The quantitative estimate of drug-likeness (QED) is 0.614. The van der Waals surface area contributed by atoms with Gasteiger partial charge >= 0.3 is 0 Å². The van der Waals surface area contributed by atoms with Crippen molar-refractivity contribution < 1.29 is 14.4 Å². The van der Waals surface area contributed by atoms with Crippen molar-refractivity contribution in [3.05, 3.63) is 45.9 Å². The Kier molecular flexibility index (Phi) is 7.44. The van der Waals surface area contributed by atoms with Crippen LogP contribution in [0.1, 0.15) is 49.2 Å². The van der Waals surface area contributed by atoms with Crippen LogP contribution in [0.25, 0.3) is 0 Å². The fraction of sp³-hybridized carbons (Fsp3) is 0.429. The van der Waals surface area contributed by atoms with Gasteiger partial charge in [0.2, 0.25) is 11.8 Å². The molecule has 30 heavy (non-hydrogen) atoms. The van der Waals surface area contributed by atoms with Gasteiger partial charge in [-0.25, -0.2) is 4.98 Å². The van der Waals surface area contributed by atoms with Crippen LogP contribution in [-0.4, -0.2) is 46.2 Å². The molecule has 3 rings (SSSR count). The molecule has 1 aromatic heterocycles. The Morgan fingerprint density at radius 1 is 1.23 bits per heavy atom. The van der Waals surface area contributed by atoms with E-state index in [2.05, 4.69) is 15.6 Å². The average Bonchev–Trinajstić information content (AvgIpc) is 3.47. The predicted octanol–water partition coefficient (Wildman–Crippen LogP) is 3.50. The number of rotatable bonds is 9. The summed E-state index contributed by atoms with van der Waals surface area (Å²) in [5.41, 5.74) is 1.11. The van der Waals surface area contributed by atoms with E-state index in [1.165, 1.54) is 11.3 Å². The minimum Gasteiger partial charge on any atom is -0.353 e. The highest BCUT2D eigenvalue weighted by Gasteiger charge is 2.34. The first kappa shape index (κ1) is 22.2. The minimum absolute atomic E-state index is 0.0461. The summed E-state index contributed by atoms with van der Waals surface area (Å²) in [5, 5.41) is 8.35. The average molecular weight is 449 g/mol. The molecule has 3 amide bonds. The first-order valence-electron chi connectivity index (χ1n) is 9.96. The van der Waals surface area contributed by atoms with E-state index in [-0.39, 0.29) is 42.8 Å². The Balaban J connectivity index is 1.56. The zero-order valence-corrected chi connectivity index (χ0v) is 18.6. The molecule has 2 aromatic rings. The van der Waals surface area contributed by atoms with Crippen molar-refractivity contribution in [2.75, 3.05) is 11.9 Å². The highest BCUT2D eigenvalue weighted by molar-refractivity contribution is 7.13. The Morgan fingerprint density at radius 3 is 2.57 bits per heavy atom. The van der Waals surface area contributed by atoms with E-state index in [1.54, 1.807) is 34.5 Å². The number of hydrogen-bond acceptors (Lipinski definition) is 5. The largest absolute Gasteiger partial charge is 0.353 e. The Bertz CT molecular complexity index is 911. The molecule has 0 radical (unpaired) electrons. The van der Waals surface area contributed by atoms with Gasteiger partial charge in [-0.15, -0.1) is 11.3 Å². The highest BCUT2D eigenvalue weighted by Crippen LogP contribution is 2.28. The normalized spacial score (nSPS) is 14.1. The predicted molar refractivity (Wildman–Crippen MR) is 118 cm³/mol. The van der Waals surface area contributed by atoms with Gasteiger partial charge < -0.3 is 15.5 Å². The van der Waals surface area contributed by atoms with E-state index in [1.807, 2.05) is 13.8 Å². The maximum Gasteiger partial charge on any atom is 0.254 e. The Hall–Kier alpha value is -2.45. The SMILES string of the molecule is CCC(C)NC(=O)Cc1csc(NC(=O)CN(C(=O)c2ccc(Cl)cc2)C2CC2)n1. The lowest BCUT2D eigenvalue weighted by Gasteiger charge is -2.21. The van der Waals surface area contributed by atoms with Crippen molar-refractivity contribution in [3.8, 4) is 0 Å². The van der Waals surface area contributed by atoms with E-state index in [0.717, 1.165) is 19.3 Å². The topological polar surface area (TPSA) is 91.4 Å². The Labute approximate surface area is 184 Å². The second-order valence-electron chi connectivity index (χ2n) is 7.42. The summed E-state index contributed by atoms with van der Waals surface area (Å²) in [4.78, 5) is 43.2. The number of halogens is 1. The maximum absolute atomic E-state index is 12.8. The van der Waals surface area contributed by atoms with Crippen LogP contribution in [0.2, 0.25) is 5.02 Å². The monoisotopic (exact) mass is 448 g/mol. The first-order chi connectivity index (χ1) is 14.4. The molecule has 2 N–H and O–H groups in total. The first-order valence-corrected chi connectivity index (χ1v) is 11.2. The molecule has 1 aliphatic rings. The van der Waals surface area contributed by atoms with E-state index in [9.17, 15) is 14.4 Å². The van der Waals surface area contributed by atoms with Gasteiger partial charge in [-0.3, -0.25) is 14.4 Å². The number of carbonyl (C=O) groups excluding carboxylic acids is 3. The van der Waals surface area contributed by atoms with Crippen molar-refractivity contribution in [2.24, 2.45) is 0 Å². The van der Waals surface area contributed by atoms with E-state index in [0.29, 0.717) is 21.4 Å². The van der Waals surface area contributed by atoms with Crippen LogP contribution >= 0.6 is 22.9 Å². The number of nitrogens with one attached hydrogen (secondary N) is 2. The summed E-state index contributed by atoms with van der Waals surface area (Å²) in [5.74, 6) is -0.596. The molecule has 1 heterocycles. The van der Waals surface area contributed by atoms with Gasteiger partial charge in [0.15, 0.2) is 5.13 Å². The number of carbonyl (C=O) groups is 3. The molecule has 1 saturated carbocycles. The zero-order chi connectivity index (χ0) is 21.7. The van der Waals surface area contributed by atoms with Crippen LogP contribution in [0, 0.1) is 0 Å². The Morgan fingerprint density at radius 2 is 1.93 bits per heavy atom. The maximum atomic E-state index is 12.8. The van der Waals surface area contributed by atoms with Crippen LogP contribution in [0.15, 0.2) is 29.6 Å². The van der Waals surface area contributed by atoms with Gasteiger partial charge in [0, 0.05) is 28.0 Å². The zero-order valence-electron chi connectivity index (χ0n) is 17.0. The lowest BCUT2D eigenvalue weighted by molar-refractivity contribution is -0.121. The third kappa shape index (κ3) is 6.27. The van der Waals surface area contributed by atoms with E-state index < -0.39 is 0 Å². The van der Waals surface area contributed by atoms with Gasteiger partial charge in [0.1, 0.15) is 6.54 Å². The second kappa shape index (κ2) is 10.0. The molecule has 160 valence electrons. The molecular formula is C21H25ClN4O3S. The molecule has 1 fully saturated rings. The molecule has 0 spiro atoms. The summed E-state index contributed by atoms with van der Waals surface area (Å²) in [6.07, 6.45) is 2.80. The number of nitrogens with zero attached hydrogens (tertiary/aromatic N) is 2. The third-order valence-electron chi connectivity index (χ3n) is 4.81. The smallest absolute Gasteiger partial charge is 0.254 e. The molecule has 1 aromatic carbocycles. The number of anilines is 1. The molecule has 0 saturated heterocycles. The summed E-state index contributed by atoms with van der Waals surface area (Å²) >= 11 is 7.15. The second-order valence-corrected chi connectivity index (χ2v) is 8.71. The summed E-state index contributed by atoms with van der Waals surface area (Å²) in [6, 6.07) is 6.84. The number of thiazole rings is 1. The van der Waals surface area contributed by atoms with Crippen LogP contribution < -0.4 is 10.6 Å². The summed E-state index contributed by atoms with van der Waals surface area (Å²) < 4.78 is 0. The third-order valence-corrected chi connectivity index (χ3v) is 5.87. The fourth-order valence-corrected chi connectivity index (χ4v) is 3.72. The van der Waals surface area contributed by atoms with Gasteiger partial charge in [0.25, 0.3) is 5.91 Å². The molecule has 7 nitrogen and oxygen atoms in total. The number of amides is 3. The van der Waals surface area contributed by atoms with Gasteiger partial charge in [0.05, 0.1) is 12.1 Å². The summed E-state index contributed by atoms with van der Waals surface area (Å²) in [6.45, 7) is 3.90. The van der Waals surface area contributed by atoms with Crippen molar-refractivity contribution in [3.63, 3.8) is 0 Å². The van der Waals surface area contributed by atoms with Gasteiger partial charge in [-0.05, 0) is 50.5 Å². The van der Waals surface area contributed by atoms with Crippen LogP contribution in [-0.2, 0) is 16.0 Å². The lowest BCUT2D eigenvalue weighted by atomic mass is 10.2. The van der Waals surface area contributed by atoms with Crippen LogP contribution in [0.5, 0.6) is 0 Å². The summed E-state index contributed by atoms with van der Waals surface area (Å²) in [7, 11) is 0. The molecule has 1 unspecified atom stereocenters. The fourth-order valence-electron chi connectivity index (χ4n) is 2.86. The molecular weight excluding hydrogens is 424 g/mol. The molecule has 1 atom stereocenters. The van der Waals surface area contributed by atoms with Crippen molar-refractivity contribution in [1.82, 2.24) is 15.2 Å². The lowest BCUT2D eigenvalue weighted by Crippen LogP contribution is -2.39. The number of hydrogen-bond donors (Lipinski definition) is 2. The van der Waals surface area contributed by atoms with E-state index in [4.69, 9.17) is 11.6 Å². The molecule has 1 aliphatic carbocycles. The minimum atomic E-state index is -0.311.